The van der Waals surface area contributed by atoms with E-state index < -0.39 is 24.2 Å². The summed E-state index contributed by atoms with van der Waals surface area (Å²) < 4.78 is 5.06. The van der Waals surface area contributed by atoms with Gasteiger partial charge in [-0.25, -0.2) is 0 Å². The summed E-state index contributed by atoms with van der Waals surface area (Å²) in [6, 6.07) is -0.871. The Morgan fingerprint density at radius 3 is 2.68 bits per heavy atom. The number of Topliss-reactive ketones (excluding diaryl/α,β-unsaturated/α-hetero) is 1. The molecule has 0 radical (unpaired) electrons. The first-order valence-electron chi connectivity index (χ1n) is 7.19. The molecule has 22 heavy (non-hydrogen) atoms. The van der Waals surface area contributed by atoms with Crippen molar-refractivity contribution in [3.63, 3.8) is 0 Å². The van der Waals surface area contributed by atoms with Gasteiger partial charge in [0.05, 0.1) is 19.4 Å². The number of nitrogens with one attached hydrogen (secondary N) is 1. The van der Waals surface area contributed by atoms with Gasteiger partial charge in [0.2, 0.25) is 5.78 Å². The number of carboxylic acid groups (broad SMARTS) is 1. The van der Waals surface area contributed by atoms with Crippen LogP contribution in [0, 0.1) is 0 Å². The lowest BCUT2D eigenvalue weighted by atomic mass is 9.86. The maximum atomic E-state index is 11.9. The number of ketones is 1. The van der Waals surface area contributed by atoms with Gasteiger partial charge < -0.3 is 31.1 Å². The first-order chi connectivity index (χ1) is 10.3. The summed E-state index contributed by atoms with van der Waals surface area (Å²) in [7, 11) is 1.38. The molecule has 2 unspecified atom stereocenters. The van der Waals surface area contributed by atoms with Gasteiger partial charge in [-0.15, -0.1) is 0 Å². The van der Waals surface area contributed by atoms with E-state index in [4.69, 9.17) is 15.6 Å². The molecule has 8 heteroatoms. The number of hydrogen-bond acceptors (Lipinski definition) is 7. The van der Waals surface area contributed by atoms with Gasteiger partial charge >= 0.3 is 5.97 Å². The van der Waals surface area contributed by atoms with Gasteiger partial charge in [-0.3, -0.25) is 9.59 Å². The van der Waals surface area contributed by atoms with Crippen molar-refractivity contribution in [1.29, 1.82) is 0 Å². The quantitative estimate of drug-likeness (QED) is 0.345. The SMILES string of the molecule is COC1=C(NCCCCC(N)C(=O)O)CC(O)(CO)CC1=O. The first kappa shape index (κ1) is 18.4. The zero-order valence-electron chi connectivity index (χ0n) is 12.7. The maximum absolute atomic E-state index is 11.9. The second-order valence-electron chi connectivity index (χ2n) is 5.54. The first-order valence-corrected chi connectivity index (χ1v) is 7.19. The molecule has 0 aromatic carbocycles. The number of methoxy groups -OCH3 is 1. The average Bonchev–Trinajstić information content (AvgIpc) is 2.46. The molecule has 0 saturated heterocycles. The van der Waals surface area contributed by atoms with E-state index in [1.54, 1.807) is 0 Å². The number of carboxylic acids is 1. The highest BCUT2D eigenvalue weighted by molar-refractivity contribution is 5.95. The predicted molar refractivity (Wildman–Crippen MR) is 77.8 cm³/mol. The van der Waals surface area contributed by atoms with Gasteiger partial charge in [0.15, 0.2) is 5.76 Å². The second kappa shape index (κ2) is 8.11. The third-order valence-electron chi connectivity index (χ3n) is 3.62. The highest BCUT2D eigenvalue weighted by Crippen LogP contribution is 2.29. The molecule has 6 N–H and O–H groups in total. The van der Waals surface area contributed by atoms with Gasteiger partial charge in [-0.1, -0.05) is 0 Å². The van der Waals surface area contributed by atoms with Crippen LogP contribution in [-0.2, 0) is 14.3 Å². The summed E-state index contributed by atoms with van der Waals surface area (Å²) in [6.45, 7) is -0.0162. The van der Waals surface area contributed by atoms with Crippen molar-refractivity contribution in [2.24, 2.45) is 5.73 Å². The Kier molecular flexibility index (Phi) is 6.79. The molecule has 0 bridgehead atoms. The fourth-order valence-corrected chi connectivity index (χ4v) is 2.36. The van der Waals surface area contributed by atoms with Gasteiger partial charge in [-0.05, 0) is 19.3 Å². The third kappa shape index (κ3) is 4.97. The van der Waals surface area contributed by atoms with Gasteiger partial charge in [0.1, 0.15) is 11.6 Å². The normalized spacial score (nSPS) is 23.4. The average molecular weight is 316 g/mol. The number of rotatable bonds is 9. The zero-order chi connectivity index (χ0) is 16.8. The van der Waals surface area contributed by atoms with E-state index in [1.807, 2.05) is 0 Å². The Hall–Kier alpha value is -1.64. The zero-order valence-corrected chi connectivity index (χ0v) is 12.7. The molecule has 0 aliphatic heterocycles. The van der Waals surface area contributed by atoms with Crippen LogP contribution >= 0.6 is 0 Å². The molecular weight excluding hydrogens is 292 g/mol. The van der Waals surface area contributed by atoms with Crippen molar-refractivity contribution >= 4 is 11.8 Å². The predicted octanol–water partition coefficient (Wildman–Crippen LogP) is -0.897. The van der Waals surface area contributed by atoms with Crippen LogP contribution in [0.1, 0.15) is 32.1 Å². The number of carbonyl (C=O) groups is 2. The standard InChI is InChI=1S/C14H24N2O6/c1-22-12-10(6-14(21,8-17)7-11(12)18)16-5-3-2-4-9(15)13(19)20/h9,16-17,21H,2-8,15H2,1H3,(H,19,20). The van der Waals surface area contributed by atoms with Crippen molar-refractivity contribution in [3.8, 4) is 0 Å². The van der Waals surface area contributed by atoms with Crippen LogP contribution in [-0.4, -0.2) is 59.0 Å². The van der Waals surface area contributed by atoms with Crippen LogP contribution in [0.2, 0.25) is 0 Å². The van der Waals surface area contributed by atoms with Crippen LogP contribution in [0.5, 0.6) is 0 Å². The lowest BCUT2D eigenvalue weighted by Gasteiger charge is -2.32. The molecule has 0 spiro atoms. The summed E-state index contributed by atoms with van der Waals surface area (Å²) in [6.07, 6.45) is 1.58. The molecule has 0 saturated carbocycles. The van der Waals surface area contributed by atoms with Crippen LogP contribution in [0.3, 0.4) is 0 Å². The molecule has 2 atom stereocenters. The van der Waals surface area contributed by atoms with E-state index in [0.717, 1.165) is 0 Å². The highest BCUT2D eigenvalue weighted by atomic mass is 16.5. The molecule has 8 nitrogen and oxygen atoms in total. The van der Waals surface area contributed by atoms with Crippen LogP contribution in [0.15, 0.2) is 11.5 Å². The van der Waals surface area contributed by atoms with Crippen molar-refractivity contribution < 1.29 is 29.6 Å². The number of unbranched alkanes of at least 4 members (excludes halogenated alkanes) is 1. The molecule has 0 fully saturated rings. The minimum absolute atomic E-state index is 0.104. The number of allylic oxidation sites excluding steroid dienone is 1. The summed E-state index contributed by atoms with van der Waals surface area (Å²) in [5.41, 5.74) is 4.39. The molecule has 0 amide bonds. The van der Waals surface area contributed by atoms with E-state index in [0.29, 0.717) is 31.5 Å². The molecule has 1 rings (SSSR count). The topological polar surface area (TPSA) is 142 Å². The molecule has 126 valence electrons. The number of aliphatic hydroxyl groups is 2. The Balaban J connectivity index is 2.51. The summed E-state index contributed by atoms with van der Waals surface area (Å²) in [5.74, 6) is -1.22. The van der Waals surface area contributed by atoms with Crippen LogP contribution in [0.4, 0.5) is 0 Å². The van der Waals surface area contributed by atoms with E-state index in [2.05, 4.69) is 5.32 Å². The number of carbonyl (C=O) groups excluding carboxylic acids is 1. The van der Waals surface area contributed by atoms with E-state index in [9.17, 15) is 19.8 Å². The number of hydrogen-bond donors (Lipinski definition) is 5. The summed E-state index contributed by atoms with van der Waals surface area (Å²) in [4.78, 5) is 22.5. The van der Waals surface area contributed by atoms with E-state index >= 15 is 0 Å². The van der Waals surface area contributed by atoms with E-state index in [-0.39, 0.29) is 24.4 Å². The monoisotopic (exact) mass is 316 g/mol. The summed E-state index contributed by atoms with van der Waals surface area (Å²) in [5, 5.41) is 31.0. The maximum Gasteiger partial charge on any atom is 0.320 e. The fourth-order valence-electron chi connectivity index (χ4n) is 2.36. The minimum Gasteiger partial charge on any atom is -0.491 e. The van der Waals surface area contributed by atoms with Gasteiger partial charge in [0.25, 0.3) is 0 Å². The van der Waals surface area contributed by atoms with Crippen LogP contribution < -0.4 is 11.1 Å². The van der Waals surface area contributed by atoms with Crippen molar-refractivity contribution in [2.45, 2.75) is 43.7 Å². The Bertz CT molecular complexity index is 451. The Morgan fingerprint density at radius 2 is 2.14 bits per heavy atom. The molecular formula is C14H24N2O6. The van der Waals surface area contributed by atoms with Crippen molar-refractivity contribution in [2.75, 3.05) is 20.3 Å². The van der Waals surface area contributed by atoms with Crippen LogP contribution in [0.25, 0.3) is 0 Å². The van der Waals surface area contributed by atoms with Gasteiger partial charge in [0, 0.05) is 19.4 Å². The van der Waals surface area contributed by atoms with Crippen molar-refractivity contribution in [3.05, 3.63) is 11.5 Å². The fraction of sp³-hybridized carbons (Fsp3) is 0.714. The number of ether oxygens (including phenoxy) is 1. The van der Waals surface area contributed by atoms with Gasteiger partial charge in [-0.2, -0.15) is 0 Å². The smallest absolute Gasteiger partial charge is 0.320 e. The largest absolute Gasteiger partial charge is 0.491 e. The number of nitrogens with two attached hydrogens (primary N) is 1. The molecule has 0 heterocycles. The second-order valence-corrected chi connectivity index (χ2v) is 5.54. The molecule has 0 aromatic heterocycles. The molecule has 0 aromatic rings. The number of aliphatic carboxylic acids is 1. The van der Waals surface area contributed by atoms with E-state index in [1.165, 1.54) is 7.11 Å². The summed E-state index contributed by atoms with van der Waals surface area (Å²) >= 11 is 0. The Labute approximate surface area is 128 Å². The lowest BCUT2D eigenvalue weighted by molar-refractivity contribution is -0.138. The van der Waals surface area contributed by atoms with Crippen molar-refractivity contribution in [1.82, 2.24) is 5.32 Å². The molecule has 1 aliphatic rings. The number of aliphatic hydroxyl groups excluding tert-OH is 1. The Morgan fingerprint density at radius 1 is 1.45 bits per heavy atom. The lowest BCUT2D eigenvalue weighted by Crippen LogP contribution is -2.43. The minimum atomic E-state index is -1.47. The third-order valence-corrected chi connectivity index (χ3v) is 3.62. The molecule has 1 aliphatic carbocycles. The highest BCUT2D eigenvalue weighted by Gasteiger charge is 2.38.